The third-order valence-electron chi connectivity index (χ3n) is 3.46. The summed E-state index contributed by atoms with van der Waals surface area (Å²) in [4.78, 5) is 4.67. The minimum Gasteiger partial charge on any atom is -0.496 e. The van der Waals surface area contributed by atoms with Crippen LogP contribution in [0.25, 0.3) is 11.4 Å². The number of aliphatic hydroxyl groups is 1. The van der Waals surface area contributed by atoms with E-state index in [2.05, 4.69) is 17.0 Å². The molecule has 0 spiro atoms. The zero-order valence-corrected chi connectivity index (χ0v) is 13.0. The van der Waals surface area contributed by atoms with Gasteiger partial charge in [-0.15, -0.1) is 0 Å². The van der Waals surface area contributed by atoms with E-state index in [1.165, 1.54) is 0 Å². The van der Waals surface area contributed by atoms with Crippen molar-refractivity contribution >= 4 is 0 Å². The van der Waals surface area contributed by atoms with E-state index in [0.29, 0.717) is 6.54 Å². The van der Waals surface area contributed by atoms with Gasteiger partial charge in [0.05, 0.1) is 25.8 Å². The van der Waals surface area contributed by atoms with E-state index in [4.69, 9.17) is 4.74 Å². The first-order valence-electron chi connectivity index (χ1n) is 7.39. The smallest absolute Gasteiger partial charge is 0.162 e. The highest BCUT2D eigenvalue weighted by atomic mass is 16.5. The normalized spacial score (nSPS) is 10.9. The molecule has 114 valence electrons. The molecule has 0 unspecified atom stereocenters. The summed E-state index contributed by atoms with van der Waals surface area (Å²) in [5.74, 6) is 2.37. The van der Waals surface area contributed by atoms with Crippen molar-refractivity contribution in [1.82, 2.24) is 14.8 Å². The lowest BCUT2D eigenvalue weighted by Gasteiger charge is -2.11. The summed E-state index contributed by atoms with van der Waals surface area (Å²) in [6, 6.07) is 5.91. The zero-order chi connectivity index (χ0) is 15.2. The lowest BCUT2D eigenvalue weighted by Crippen LogP contribution is -2.07. The van der Waals surface area contributed by atoms with Crippen molar-refractivity contribution < 1.29 is 9.84 Å². The molecule has 5 nitrogen and oxygen atoms in total. The Balaban J connectivity index is 2.48. The second-order valence-electron chi connectivity index (χ2n) is 5.05. The summed E-state index contributed by atoms with van der Waals surface area (Å²) in [7, 11) is 1.66. The molecule has 0 aliphatic rings. The Morgan fingerprint density at radius 3 is 2.81 bits per heavy atom. The maximum absolute atomic E-state index is 9.25. The monoisotopic (exact) mass is 289 g/mol. The van der Waals surface area contributed by atoms with Crippen LogP contribution in [0.15, 0.2) is 18.2 Å². The van der Waals surface area contributed by atoms with Gasteiger partial charge in [-0.1, -0.05) is 25.5 Å². The van der Waals surface area contributed by atoms with E-state index >= 15 is 0 Å². The number of nitrogens with zero attached hydrogens (tertiary/aromatic N) is 3. The van der Waals surface area contributed by atoms with Crippen LogP contribution in [-0.4, -0.2) is 33.6 Å². The van der Waals surface area contributed by atoms with Gasteiger partial charge in [0.15, 0.2) is 11.6 Å². The molecule has 1 N–H and O–H groups in total. The molecule has 1 aromatic carbocycles. The summed E-state index contributed by atoms with van der Waals surface area (Å²) in [5, 5.41) is 13.8. The predicted molar refractivity (Wildman–Crippen MR) is 82.4 cm³/mol. The topological polar surface area (TPSA) is 60.2 Å². The van der Waals surface area contributed by atoms with Crippen molar-refractivity contribution in [2.45, 2.75) is 39.7 Å². The van der Waals surface area contributed by atoms with E-state index < -0.39 is 0 Å². The summed E-state index contributed by atoms with van der Waals surface area (Å²) < 4.78 is 7.23. The highest BCUT2D eigenvalue weighted by molar-refractivity contribution is 5.68. The number of benzene rings is 1. The Kier molecular flexibility index (Phi) is 5.33. The number of methoxy groups -OCH3 is 1. The van der Waals surface area contributed by atoms with E-state index in [1.807, 2.05) is 25.1 Å². The fourth-order valence-electron chi connectivity index (χ4n) is 2.36. The Morgan fingerprint density at radius 2 is 2.14 bits per heavy atom. The maximum Gasteiger partial charge on any atom is 0.162 e. The number of aryl methyl sites for hydroxylation is 2. The van der Waals surface area contributed by atoms with Crippen molar-refractivity contribution in [1.29, 1.82) is 0 Å². The van der Waals surface area contributed by atoms with Crippen LogP contribution in [0.4, 0.5) is 0 Å². The first kappa shape index (κ1) is 15.5. The van der Waals surface area contributed by atoms with Crippen molar-refractivity contribution in [3.05, 3.63) is 29.6 Å². The van der Waals surface area contributed by atoms with Gasteiger partial charge < -0.3 is 9.84 Å². The van der Waals surface area contributed by atoms with Gasteiger partial charge in [0.2, 0.25) is 0 Å². The molecule has 21 heavy (non-hydrogen) atoms. The van der Waals surface area contributed by atoms with Crippen LogP contribution in [0.3, 0.4) is 0 Å². The van der Waals surface area contributed by atoms with E-state index in [1.54, 1.807) is 11.8 Å². The number of hydrogen-bond acceptors (Lipinski definition) is 4. The highest BCUT2D eigenvalue weighted by Crippen LogP contribution is 2.32. The van der Waals surface area contributed by atoms with Gasteiger partial charge >= 0.3 is 0 Å². The van der Waals surface area contributed by atoms with Gasteiger partial charge in [0.25, 0.3) is 0 Å². The fourth-order valence-corrected chi connectivity index (χ4v) is 2.36. The minimum absolute atomic E-state index is 0.0395. The standard InChI is InChI=1S/C16H23N3O2/c1-4-5-9-14-17-16(19(18-14)10-11-20)15-12(2)7-6-8-13(15)21-3/h6-8,20H,4-5,9-11H2,1-3H3. The summed E-state index contributed by atoms with van der Waals surface area (Å²) in [6.07, 6.45) is 3.03. The second-order valence-corrected chi connectivity index (χ2v) is 5.05. The molecule has 2 aromatic rings. The van der Waals surface area contributed by atoms with Crippen LogP contribution in [0.5, 0.6) is 5.75 Å². The van der Waals surface area contributed by atoms with E-state index in [9.17, 15) is 5.11 Å². The molecule has 5 heteroatoms. The molecule has 0 aliphatic carbocycles. The van der Waals surface area contributed by atoms with Crippen LogP contribution >= 0.6 is 0 Å². The Labute approximate surface area is 125 Å². The van der Waals surface area contributed by atoms with Crippen LogP contribution in [0, 0.1) is 6.92 Å². The SMILES string of the molecule is CCCCc1nc(-c2c(C)cccc2OC)n(CCO)n1. The lowest BCUT2D eigenvalue weighted by molar-refractivity contribution is 0.269. The Hall–Kier alpha value is -1.88. The van der Waals surface area contributed by atoms with Crippen LogP contribution in [0.2, 0.25) is 0 Å². The molecule has 0 saturated carbocycles. The quantitative estimate of drug-likeness (QED) is 0.851. The van der Waals surface area contributed by atoms with Crippen LogP contribution in [0.1, 0.15) is 31.2 Å². The average molecular weight is 289 g/mol. The number of ether oxygens (including phenoxy) is 1. The van der Waals surface area contributed by atoms with E-state index in [0.717, 1.165) is 47.8 Å². The third kappa shape index (κ3) is 3.42. The Bertz CT molecular complexity index is 593. The lowest BCUT2D eigenvalue weighted by atomic mass is 10.1. The largest absolute Gasteiger partial charge is 0.496 e. The van der Waals surface area contributed by atoms with Crippen molar-refractivity contribution in [2.24, 2.45) is 0 Å². The van der Waals surface area contributed by atoms with E-state index in [-0.39, 0.29) is 6.61 Å². The molecular weight excluding hydrogens is 266 g/mol. The maximum atomic E-state index is 9.25. The zero-order valence-electron chi connectivity index (χ0n) is 13.0. The molecule has 0 amide bonds. The van der Waals surface area contributed by atoms with Gasteiger partial charge in [-0.25, -0.2) is 9.67 Å². The predicted octanol–water partition coefficient (Wildman–Crippen LogP) is 2.60. The van der Waals surface area contributed by atoms with Gasteiger partial charge in [-0.05, 0) is 25.0 Å². The number of aliphatic hydroxyl groups excluding tert-OH is 1. The average Bonchev–Trinajstić information content (AvgIpc) is 2.87. The molecular formula is C16H23N3O2. The second kappa shape index (κ2) is 7.22. The molecule has 0 aliphatic heterocycles. The van der Waals surface area contributed by atoms with Crippen LogP contribution in [-0.2, 0) is 13.0 Å². The highest BCUT2D eigenvalue weighted by Gasteiger charge is 2.17. The number of hydrogen-bond donors (Lipinski definition) is 1. The molecule has 0 radical (unpaired) electrons. The first-order valence-corrected chi connectivity index (χ1v) is 7.39. The van der Waals surface area contributed by atoms with Crippen molar-refractivity contribution in [3.63, 3.8) is 0 Å². The number of unbranched alkanes of at least 4 members (excludes halogenated alkanes) is 1. The van der Waals surface area contributed by atoms with Crippen LogP contribution < -0.4 is 4.74 Å². The molecule has 0 saturated heterocycles. The van der Waals surface area contributed by atoms with Gasteiger partial charge in [0.1, 0.15) is 5.75 Å². The first-order chi connectivity index (χ1) is 10.2. The Morgan fingerprint density at radius 1 is 1.33 bits per heavy atom. The summed E-state index contributed by atoms with van der Waals surface area (Å²) >= 11 is 0. The molecule has 0 bridgehead atoms. The van der Waals surface area contributed by atoms with Crippen molar-refractivity contribution in [2.75, 3.05) is 13.7 Å². The molecule has 2 rings (SSSR count). The number of aromatic nitrogens is 3. The number of rotatable bonds is 7. The molecule has 0 fully saturated rings. The molecule has 0 atom stereocenters. The van der Waals surface area contributed by atoms with Gasteiger partial charge in [-0.2, -0.15) is 5.10 Å². The van der Waals surface area contributed by atoms with Crippen molar-refractivity contribution in [3.8, 4) is 17.1 Å². The summed E-state index contributed by atoms with van der Waals surface area (Å²) in [5.41, 5.74) is 2.03. The van der Waals surface area contributed by atoms with Gasteiger partial charge in [-0.3, -0.25) is 0 Å². The third-order valence-corrected chi connectivity index (χ3v) is 3.46. The molecule has 1 heterocycles. The minimum atomic E-state index is 0.0395. The molecule has 1 aromatic heterocycles. The summed E-state index contributed by atoms with van der Waals surface area (Å²) in [6.45, 7) is 4.65. The fraction of sp³-hybridized carbons (Fsp3) is 0.500. The van der Waals surface area contributed by atoms with Gasteiger partial charge in [0, 0.05) is 6.42 Å².